The lowest BCUT2D eigenvalue weighted by atomic mass is 10.4. The molecule has 0 unspecified atom stereocenters. The van der Waals surface area contributed by atoms with Crippen molar-refractivity contribution < 1.29 is 4.79 Å². The van der Waals surface area contributed by atoms with Crippen LogP contribution in [0.1, 0.15) is 20.3 Å². The normalized spacial score (nSPS) is 10.4. The Morgan fingerprint density at radius 3 is 2.47 bits per heavy atom. The van der Waals surface area contributed by atoms with Crippen LogP contribution in [0.4, 0.5) is 0 Å². The minimum absolute atomic E-state index is 0.148. The van der Waals surface area contributed by atoms with Gasteiger partial charge in [-0.2, -0.15) is 0 Å². The first-order valence-corrected chi connectivity index (χ1v) is 5.50. The summed E-state index contributed by atoms with van der Waals surface area (Å²) in [5.41, 5.74) is 0. The number of hydrazine groups is 1. The number of amides is 1. The van der Waals surface area contributed by atoms with Gasteiger partial charge >= 0.3 is 0 Å². The number of rotatable bonds is 8. The summed E-state index contributed by atoms with van der Waals surface area (Å²) in [6, 6.07) is 0. The first-order valence-electron chi connectivity index (χ1n) is 5.50. The predicted octanol–water partition coefficient (Wildman–Crippen LogP) is 0.867. The number of carbonyl (C=O) groups excluding carboxylic acids is 1. The van der Waals surface area contributed by atoms with Gasteiger partial charge in [-0.15, -0.1) is 6.58 Å². The molecule has 0 aromatic rings. The van der Waals surface area contributed by atoms with Gasteiger partial charge in [-0.25, -0.2) is 5.01 Å². The quantitative estimate of drug-likeness (QED) is 0.369. The molecule has 0 radical (unpaired) electrons. The third kappa shape index (κ3) is 5.54. The minimum atomic E-state index is 0.148. The fourth-order valence-electron chi connectivity index (χ4n) is 1.37. The van der Waals surface area contributed by atoms with E-state index in [1.165, 1.54) is 0 Å². The summed E-state index contributed by atoms with van der Waals surface area (Å²) in [5, 5.41) is 6.83. The molecule has 15 heavy (non-hydrogen) atoms. The zero-order valence-electron chi connectivity index (χ0n) is 10.1. The number of nitrogens with zero attached hydrogens (tertiary/aromatic N) is 2. The van der Waals surface area contributed by atoms with Crippen LogP contribution in [0.25, 0.3) is 0 Å². The first-order chi connectivity index (χ1) is 7.17. The Balaban J connectivity index is 3.82. The van der Waals surface area contributed by atoms with Crippen LogP contribution >= 0.6 is 0 Å². The summed E-state index contributed by atoms with van der Waals surface area (Å²) >= 11 is 0. The largest absolute Gasteiger partial charge is 0.313 e. The molecule has 1 amide bonds. The van der Waals surface area contributed by atoms with E-state index < -0.39 is 0 Å². The predicted molar refractivity (Wildman–Crippen MR) is 63.4 cm³/mol. The monoisotopic (exact) mass is 213 g/mol. The zero-order chi connectivity index (χ0) is 11.7. The van der Waals surface area contributed by atoms with Crippen LogP contribution in [-0.2, 0) is 4.79 Å². The molecule has 0 rings (SSSR count). The summed E-state index contributed by atoms with van der Waals surface area (Å²) in [5.74, 6) is 0.148. The molecule has 0 saturated heterocycles. The van der Waals surface area contributed by atoms with Crippen LogP contribution in [0.3, 0.4) is 0 Å². The van der Waals surface area contributed by atoms with E-state index in [9.17, 15) is 4.79 Å². The molecule has 4 heteroatoms. The Labute approximate surface area is 92.9 Å². The molecule has 0 aliphatic heterocycles. The fraction of sp³-hybridized carbons (Fsp3) is 0.727. The molecule has 0 atom stereocenters. The second-order valence-electron chi connectivity index (χ2n) is 3.30. The van der Waals surface area contributed by atoms with Gasteiger partial charge in [-0.1, -0.05) is 19.9 Å². The van der Waals surface area contributed by atoms with Crippen molar-refractivity contribution in [2.75, 3.05) is 33.2 Å². The third-order valence-electron chi connectivity index (χ3n) is 2.32. The second kappa shape index (κ2) is 8.44. The molecule has 0 aromatic carbocycles. The molecule has 1 N–H and O–H groups in total. The first kappa shape index (κ1) is 14.1. The van der Waals surface area contributed by atoms with Crippen molar-refractivity contribution in [3.05, 3.63) is 12.7 Å². The van der Waals surface area contributed by atoms with Crippen LogP contribution in [0.2, 0.25) is 0 Å². The zero-order valence-corrected chi connectivity index (χ0v) is 10.1. The Kier molecular flexibility index (Phi) is 7.95. The van der Waals surface area contributed by atoms with Crippen molar-refractivity contribution in [3.8, 4) is 0 Å². The van der Waals surface area contributed by atoms with E-state index >= 15 is 0 Å². The van der Waals surface area contributed by atoms with Crippen LogP contribution in [0.5, 0.6) is 0 Å². The molecule has 0 aromatic heterocycles. The van der Waals surface area contributed by atoms with Gasteiger partial charge in [-0.3, -0.25) is 9.80 Å². The van der Waals surface area contributed by atoms with Crippen molar-refractivity contribution in [2.24, 2.45) is 0 Å². The van der Waals surface area contributed by atoms with Gasteiger partial charge in [-0.05, 0) is 0 Å². The van der Waals surface area contributed by atoms with Crippen LogP contribution in [0.15, 0.2) is 12.7 Å². The number of carbonyl (C=O) groups is 1. The lowest BCUT2D eigenvalue weighted by molar-refractivity contribution is -0.145. The Hall–Kier alpha value is -0.870. The molecule has 0 fully saturated rings. The lowest BCUT2D eigenvalue weighted by Gasteiger charge is -2.29. The molecule has 4 nitrogen and oxygen atoms in total. The molecule has 0 saturated carbocycles. The van der Waals surface area contributed by atoms with Gasteiger partial charge < -0.3 is 5.32 Å². The minimum Gasteiger partial charge on any atom is -0.313 e. The second-order valence-corrected chi connectivity index (χ2v) is 3.30. The average Bonchev–Trinajstić information content (AvgIpc) is 2.25. The molecule has 0 heterocycles. The van der Waals surface area contributed by atoms with Crippen LogP contribution in [-0.4, -0.2) is 49.2 Å². The summed E-state index contributed by atoms with van der Waals surface area (Å²) in [4.78, 5) is 11.7. The van der Waals surface area contributed by atoms with E-state index in [0.29, 0.717) is 13.0 Å². The van der Waals surface area contributed by atoms with Gasteiger partial charge in [0.2, 0.25) is 5.91 Å². The number of hydrogen-bond acceptors (Lipinski definition) is 3. The van der Waals surface area contributed by atoms with Crippen molar-refractivity contribution in [1.82, 2.24) is 15.3 Å². The highest BCUT2D eigenvalue weighted by Crippen LogP contribution is 1.97. The van der Waals surface area contributed by atoms with Gasteiger partial charge in [0.1, 0.15) is 0 Å². The molecular formula is C11H23N3O. The van der Waals surface area contributed by atoms with E-state index in [2.05, 4.69) is 11.9 Å². The van der Waals surface area contributed by atoms with Crippen molar-refractivity contribution in [3.63, 3.8) is 0 Å². The maximum atomic E-state index is 11.7. The molecule has 0 bridgehead atoms. The van der Waals surface area contributed by atoms with E-state index in [0.717, 1.165) is 19.6 Å². The Morgan fingerprint density at radius 1 is 1.40 bits per heavy atom. The van der Waals surface area contributed by atoms with Crippen molar-refractivity contribution in [1.29, 1.82) is 0 Å². The maximum absolute atomic E-state index is 11.7. The summed E-state index contributed by atoms with van der Waals surface area (Å²) in [7, 11) is 1.82. The average molecular weight is 213 g/mol. The topological polar surface area (TPSA) is 35.6 Å². The van der Waals surface area contributed by atoms with E-state index in [1.54, 1.807) is 11.1 Å². The van der Waals surface area contributed by atoms with E-state index in [1.807, 2.05) is 25.9 Å². The van der Waals surface area contributed by atoms with Crippen LogP contribution < -0.4 is 5.32 Å². The standard InChI is InChI=1S/C11H23N3O/c1-5-9-12-10-8-11(15)13(4)14(6-2)7-3/h5,12H,1,6-10H2,2-4H3. The highest BCUT2D eigenvalue weighted by molar-refractivity contribution is 5.75. The lowest BCUT2D eigenvalue weighted by Crippen LogP contribution is -2.44. The van der Waals surface area contributed by atoms with Crippen LogP contribution in [0, 0.1) is 0 Å². The van der Waals surface area contributed by atoms with E-state index in [4.69, 9.17) is 0 Å². The smallest absolute Gasteiger partial charge is 0.237 e. The molecule has 88 valence electrons. The van der Waals surface area contributed by atoms with Crippen molar-refractivity contribution in [2.45, 2.75) is 20.3 Å². The molecule has 0 aliphatic rings. The number of hydrogen-bond donors (Lipinski definition) is 1. The van der Waals surface area contributed by atoms with Crippen molar-refractivity contribution >= 4 is 5.91 Å². The SMILES string of the molecule is C=CCNCCC(=O)N(C)N(CC)CC. The van der Waals surface area contributed by atoms with Gasteiger partial charge in [0.15, 0.2) is 0 Å². The molecule has 0 aliphatic carbocycles. The maximum Gasteiger partial charge on any atom is 0.237 e. The summed E-state index contributed by atoms with van der Waals surface area (Å²) in [6.45, 7) is 10.9. The Morgan fingerprint density at radius 2 is 2.00 bits per heavy atom. The van der Waals surface area contributed by atoms with Gasteiger partial charge in [0.05, 0.1) is 0 Å². The summed E-state index contributed by atoms with van der Waals surface area (Å²) in [6.07, 6.45) is 2.32. The van der Waals surface area contributed by atoms with Gasteiger partial charge in [0, 0.05) is 39.6 Å². The molecular weight excluding hydrogens is 190 g/mol. The highest BCUT2D eigenvalue weighted by Gasteiger charge is 2.13. The van der Waals surface area contributed by atoms with Gasteiger partial charge in [0.25, 0.3) is 0 Å². The summed E-state index contributed by atoms with van der Waals surface area (Å²) < 4.78 is 0. The Bertz CT molecular complexity index is 190. The molecule has 0 spiro atoms. The number of nitrogens with one attached hydrogen (secondary N) is 1. The fourth-order valence-corrected chi connectivity index (χ4v) is 1.37. The van der Waals surface area contributed by atoms with E-state index in [-0.39, 0.29) is 5.91 Å². The third-order valence-corrected chi connectivity index (χ3v) is 2.32. The highest BCUT2D eigenvalue weighted by atomic mass is 16.2.